The Labute approximate surface area is 122 Å². The molecule has 0 amide bonds. The molecular formula is C19H38. The van der Waals surface area contributed by atoms with Gasteiger partial charge >= 0.3 is 0 Å². The second-order valence-electron chi connectivity index (χ2n) is 7.95. The highest BCUT2D eigenvalue weighted by Crippen LogP contribution is 2.51. The third-order valence-electron chi connectivity index (χ3n) is 6.19. The van der Waals surface area contributed by atoms with Gasteiger partial charge in [0.15, 0.2) is 0 Å². The second-order valence-corrected chi connectivity index (χ2v) is 7.95. The minimum absolute atomic E-state index is 0.841. The zero-order valence-corrected chi connectivity index (χ0v) is 14.6. The van der Waals surface area contributed by atoms with Gasteiger partial charge in [-0.05, 0) is 54.3 Å². The summed E-state index contributed by atoms with van der Waals surface area (Å²) in [6.45, 7) is 17.0. The molecule has 1 fully saturated rings. The minimum atomic E-state index is 0.841. The average molecular weight is 267 g/mol. The van der Waals surface area contributed by atoms with Crippen molar-refractivity contribution in [1.82, 2.24) is 0 Å². The van der Waals surface area contributed by atoms with Gasteiger partial charge in [0.05, 0.1) is 0 Å². The summed E-state index contributed by atoms with van der Waals surface area (Å²) in [4.78, 5) is 0. The van der Waals surface area contributed by atoms with Crippen molar-refractivity contribution in [2.75, 3.05) is 0 Å². The smallest absolute Gasteiger partial charge is 0.0355 e. The molecule has 0 saturated heterocycles. The van der Waals surface area contributed by atoms with Crippen LogP contribution in [0.2, 0.25) is 0 Å². The fourth-order valence-corrected chi connectivity index (χ4v) is 3.75. The first-order valence-corrected chi connectivity index (χ1v) is 8.88. The molecule has 0 bridgehead atoms. The molecule has 6 unspecified atom stereocenters. The van der Waals surface area contributed by atoms with Crippen LogP contribution < -0.4 is 0 Å². The van der Waals surface area contributed by atoms with Crippen molar-refractivity contribution >= 4 is 0 Å². The molecule has 1 rings (SSSR count). The van der Waals surface area contributed by atoms with Crippen LogP contribution in [0.1, 0.15) is 80.6 Å². The predicted molar refractivity (Wildman–Crippen MR) is 87.2 cm³/mol. The maximum atomic E-state index is 2.52. The van der Waals surface area contributed by atoms with E-state index in [0.717, 1.165) is 41.4 Å². The van der Waals surface area contributed by atoms with Crippen LogP contribution in [-0.2, 0) is 0 Å². The van der Waals surface area contributed by atoms with Gasteiger partial charge in [-0.3, -0.25) is 0 Å². The van der Waals surface area contributed by atoms with Crippen LogP contribution in [-0.4, -0.2) is 0 Å². The summed E-state index contributed by atoms with van der Waals surface area (Å²) in [5.74, 6) is 6.63. The largest absolute Gasteiger partial charge is 0.0654 e. The number of hydrogen-bond acceptors (Lipinski definition) is 0. The van der Waals surface area contributed by atoms with E-state index in [4.69, 9.17) is 0 Å². The number of unbranched alkanes of at least 4 members (excludes halogenated alkanes) is 1. The van der Waals surface area contributed by atoms with Gasteiger partial charge in [0.25, 0.3) is 0 Å². The summed E-state index contributed by atoms with van der Waals surface area (Å²) < 4.78 is 0. The van der Waals surface area contributed by atoms with Crippen LogP contribution in [0.3, 0.4) is 0 Å². The van der Waals surface area contributed by atoms with Crippen LogP contribution >= 0.6 is 0 Å². The van der Waals surface area contributed by atoms with Crippen LogP contribution in [0.25, 0.3) is 0 Å². The highest BCUT2D eigenvalue weighted by molar-refractivity contribution is 4.92. The lowest BCUT2D eigenvalue weighted by atomic mass is 9.81. The Kier molecular flexibility index (Phi) is 6.91. The zero-order chi connectivity index (χ0) is 14.6. The Morgan fingerprint density at radius 3 is 2.11 bits per heavy atom. The van der Waals surface area contributed by atoms with Crippen LogP contribution in [0, 0.1) is 41.4 Å². The van der Waals surface area contributed by atoms with E-state index < -0.39 is 0 Å². The molecule has 19 heavy (non-hydrogen) atoms. The molecule has 0 aromatic carbocycles. The standard InChI is InChI=1S/C19H38/c1-8-9-10-14(4)17(7)19-12-18(19)11-15(5)16(6)13(2)3/h13-19H,8-12H2,1-7H3. The Morgan fingerprint density at radius 1 is 0.947 bits per heavy atom. The molecule has 1 aliphatic rings. The Morgan fingerprint density at radius 2 is 1.58 bits per heavy atom. The van der Waals surface area contributed by atoms with Gasteiger partial charge in [0.1, 0.15) is 0 Å². The van der Waals surface area contributed by atoms with Gasteiger partial charge in [0.2, 0.25) is 0 Å². The fourth-order valence-electron chi connectivity index (χ4n) is 3.75. The van der Waals surface area contributed by atoms with Crippen molar-refractivity contribution in [3.05, 3.63) is 0 Å². The topological polar surface area (TPSA) is 0 Å². The third kappa shape index (κ3) is 5.12. The first-order chi connectivity index (χ1) is 8.88. The van der Waals surface area contributed by atoms with E-state index in [9.17, 15) is 0 Å². The van der Waals surface area contributed by atoms with E-state index in [0.29, 0.717) is 0 Å². The molecule has 1 aliphatic carbocycles. The fraction of sp³-hybridized carbons (Fsp3) is 1.00. The summed E-state index contributed by atoms with van der Waals surface area (Å²) in [7, 11) is 0. The summed E-state index contributed by atoms with van der Waals surface area (Å²) in [6.07, 6.45) is 7.22. The van der Waals surface area contributed by atoms with Crippen molar-refractivity contribution in [1.29, 1.82) is 0 Å². The Hall–Kier alpha value is 0. The molecule has 0 heterocycles. The van der Waals surface area contributed by atoms with Crippen molar-refractivity contribution in [3.8, 4) is 0 Å². The van der Waals surface area contributed by atoms with Gasteiger partial charge in [0, 0.05) is 0 Å². The van der Waals surface area contributed by atoms with Gasteiger partial charge in [-0.15, -0.1) is 0 Å². The number of rotatable bonds is 9. The molecule has 0 radical (unpaired) electrons. The molecule has 0 nitrogen and oxygen atoms in total. The van der Waals surface area contributed by atoms with E-state index in [1.165, 1.54) is 32.1 Å². The Balaban J connectivity index is 2.30. The van der Waals surface area contributed by atoms with Gasteiger partial charge < -0.3 is 0 Å². The summed E-state index contributed by atoms with van der Waals surface area (Å²) in [5, 5.41) is 0. The highest BCUT2D eigenvalue weighted by Gasteiger charge is 2.43. The first kappa shape index (κ1) is 17.1. The molecular weight excluding hydrogens is 228 g/mol. The maximum absolute atomic E-state index is 2.52. The van der Waals surface area contributed by atoms with E-state index in [1.807, 2.05) is 0 Å². The summed E-state index contributed by atoms with van der Waals surface area (Å²) in [6, 6.07) is 0. The summed E-state index contributed by atoms with van der Waals surface area (Å²) >= 11 is 0. The first-order valence-electron chi connectivity index (χ1n) is 8.88. The maximum Gasteiger partial charge on any atom is -0.0355 e. The Bertz CT molecular complexity index is 242. The van der Waals surface area contributed by atoms with E-state index >= 15 is 0 Å². The number of hydrogen-bond donors (Lipinski definition) is 0. The van der Waals surface area contributed by atoms with Crippen molar-refractivity contribution in [3.63, 3.8) is 0 Å². The van der Waals surface area contributed by atoms with Gasteiger partial charge in [-0.25, -0.2) is 0 Å². The highest BCUT2D eigenvalue weighted by atomic mass is 14.5. The third-order valence-corrected chi connectivity index (χ3v) is 6.19. The monoisotopic (exact) mass is 266 g/mol. The van der Waals surface area contributed by atoms with Gasteiger partial charge in [-0.2, -0.15) is 0 Å². The van der Waals surface area contributed by atoms with Crippen LogP contribution in [0.5, 0.6) is 0 Å². The molecule has 0 N–H and O–H groups in total. The predicted octanol–water partition coefficient (Wildman–Crippen LogP) is 6.40. The molecule has 6 atom stereocenters. The van der Waals surface area contributed by atoms with Gasteiger partial charge in [-0.1, -0.05) is 67.7 Å². The quantitative estimate of drug-likeness (QED) is 0.453. The normalized spacial score (nSPS) is 29.1. The van der Waals surface area contributed by atoms with E-state index in [1.54, 1.807) is 0 Å². The lowest BCUT2D eigenvalue weighted by Crippen LogP contribution is -2.16. The molecule has 0 aromatic rings. The van der Waals surface area contributed by atoms with Crippen molar-refractivity contribution in [2.24, 2.45) is 41.4 Å². The molecule has 114 valence electrons. The lowest BCUT2D eigenvalue weighted by molar-refractivity contribution is 0.252. The SMILES string of the molecule is CCCCC(C)C(C)C1CC1CC(C)C(C)C(C)C. The summed E-state index contributed by atoms with van der Waals surface area (Å²) in [5.41, 5.74) is 0. The molecule has 1 saturated carbocycles. The molecule has 0 aromatic heterocycles. The van der Waals surface area contributed by atoms with Crippen molar-refractivity contribution in [2.45, 2.75) is 80.6 Å². The van der Waals surface area contributed by atoms with Crippen molar-refractivity contribution < 1.29 is 0 Å². The molecule has 0 spiro atoms. The second kappa shape index (κ2) is 7.70. The van der Waals surface area contributed by atoms with E-state index in [-0.39, 0.29) is 0 Å². The van der Waals surface area contributed by atoms with Crippen LogP contribution in [0.15, 0.2) is 0 Å². The minimum Gasteiger partial charge on any atom is -0.0654 e. The van der Waals surface area contributed by atoms with Crippen LogP contribution in [0.4, 0.5) is 0 Å². The average Bonchev–Trinajstić information content (AvgIpc) is 3.12. The van der Waals surface area contributed by atoms with E-state index in [2.05, 4.69) is 48.5 Å². The zero-order valence-electron chi connectivity index (χ0n) is 14.6. The molecule has 0 aliphatic heterocycles. The lowest BCUT2D eigenvalue weighted by Gasteiger charge is -2.24. The molecule has 0 heteroatoms.